The van der Waals surface area contributed by atoms with Crippen LogP contribution >= 0.6 is 0 Å². The molecule has 0 saturated heterocycles. The molecule has 1 aromatic heterocycles. The van der Waals surface area contributed by atoms with Gasteiger partial charge in [0.15, 0.2) is 5.82 Å². The Morgan fingerprint density at radius 2 is 1.42 bits per heavy atom. The van der Waals surface area contributed by atoms with Crippen LogP contribution in [-0.4, -0.2) is 16.6 Å². The molecule has 1 aliphatic carbocycles. The number of hydrogen-bond acceptors (Lipinski definition) is 3. The van der Waals surface area contributed by atoms with Gasteiger partial charge in [0, 0.05) is 18.0 Å². The maximum atomic E-state index is 5.87. The van der Waals surface area contributed by atoms with Gasteiger partial charge in [-0.05, 0) is 60.9 Å². The third-order valence-electron chi connectivity index (χ3n) is 6.84. The minimum absolute atomic E-state index is 0.800. The van der Waals surface area contributed by atoms with Crippen LogP contribution in [0.1, 0.15) is 96.5 Å². The molecule has 1 heterocycles. The molecule has 0 N–H and O–H groups in total. The standard InChI is InChI=1S/C28H42N2O/c1-3-5-6-7-8-20-31-27-18-16-26(17-19-27)28-29-21-25(22-30-28)15-14-24-12-10-23(9-4-2)11-13-24/h16-19,21-24H,3-15,20H2,1-2H3. The van der Waals surface area contributed by atoms with Gasteiger partial charge in [-0.3, -0.25) is 0 Å². The average Bonchev–Trinajstić information content (AvgIpc) is 2.82. The van der Waals surface area contributed by atoms with Crippen molar-refractivity contribution >= 4 is 0 Å². The van der Waals surface area contributed by atoms with E-state index in [1.54, 1.807) is 0 Å². The van der Waals surface area contributed by atoms with E-state index in [0.717, 1.165) is 48.4 Å². The zero-order chi connectivity index (χ0) is 21.7. The molecule has 0 atom stereocenters. The SMILES string of the molecule is CCCCCCCOc1ccc(-c2ncc(CCC3CCC(CCC)CC3)cn2)cc1. The highest BCUT2D eigenvalue weighted by atomic mass is 16.5. The summed E-state index contributed by atoms with van der Waals surface area (Å²) in [7, 11) is 0. The molecule has 31 heavy (non-hydrogen) atoms. The van der Waals surface area contributed by atoms with E-state index in [1.807, 2.05) is 24.5 Å². The van der Waals surface area contributed by atoms with E-state index in [9.17, 15) is 0 Å². The van der Waals surface area contributed by atoms with Crippen molar-refractivity contribution < 1.29 is 4.74 Å². The van der Waals surface area contributed by atoms with Gasteiger partial charge in [-0.1, -0.05) is 78.1 Å². The van der Waals surface area contributed by atoms with E-state index in [1.165, 1.54) is 76.2 Å². The summed E-state index contributed by atoms with van der Waals surface area (Å²) in [5.41, 5.74) is 2.32. The monoisotopic (exact) mass is 422 g/mol. The Balaban J connectivity index is 1.39. The summed E-state index contributed by atoms with van der Waals surface area (Å²) >= 11 is 0. The predicted molar refractivity (Wildman–Crippen MR) is 130 cm³/mol. The van der Waals surface area contributed by atoms with Crippen LogP contribution < -0.4 is 4.74 Å². The molecule has 1 saturated carbocycles. The molecule has 1 aliphatic rings. The van der Waals surface area contributed by atoms with Crippen molar-refractivity contribution in [2.24, 2.45) is 11.8 Å². The van der Waals surface area contributed by atoms with Gasteiger partial charge in [-0.2, -0.15) is 0 Å². The topological polar surface area (TPSA) is 35.0 Å². The number of aromatic nitrogens is 2. The van der Waals surface area contributed by atoms with Crippen LogP contribution in [0.5, 0.6) is 5.75 Å². The smallest absolute Gasteiger partial charge is 0.159 e. The van der Waals surface area contributed by atoms with Crippen molar-refractivity contribution in [1.82, 2.24) is 9.97 Å². The van der Waals surface area contributed by atoms with Crippen LogP contribution in [0.25, 0.3) is 11.4 Å². The van der Waals surface area contributed by atoms with Crippen LogP contribution in [0, 0.1) is 11.8 Å². The Bertz CT molecular complexity index is 718. The minimum atomic E-state index is 0.800. The molecule has 170 valence electrons. The molecule has 1 fully saturated rings. The van der Waals surface area contributed by atoms with Crippen LogP contribution in [0.2, 0.25) is 0 Å². The second-order valence-electron chi connectivity index (χ2n) is 9.42. The van der Waals surface area contributed by atoms with E-state index >= 15 is 0 Å². The van der Waals surface area contributed by atoms with Crippen molar-refractivity contribution in [1.29, 1.82) is 0 Å². The third-order valence-corrected chi connectivity index (χ3v) is 6.84. The Kier molecular flexibility index (Phi) is 10.3. The second kappa shape index (κ2) is 13.5. The van der Waals surface area contributed by atoms with Gasteiger partial charge in [0.2, 0.25) is 0 Å². The molecule has 3 nitrogen and oxygen atoms in total. The van der Waals surface area contributed by atoms with E-state index in [-0.39, 0.29) is 0 Å². The number of rotatable bonds is 13. The summed E-state index contributed by atoms with van der Waals surface area (Å²) in [5, 5.41) is 0. The Morgan fingerprint density at radius 1 is 0.774 bits per heavy atom. The molecular weight excluding hydrogens is 380 g/mol. The summed E-state index contributed by atoms with van der Waals surface area (Å²) in [6.07, 6.45) is 21.2. The number of nitrogens with zero attached hydrogens (tertiary/aromatic N) is 2. The fourth-order valence-corrected chi connectivity index (χ4v) is 4.82. The summed E-state index contributed by atoms with van der Waals surface area (Å²) < 4.78 is 5.87. The van der Waals surface area contributed by atoms with E-state index in [0.29, 0.717) is 0 Å². The first-order valence-electron chi connectivity index (χ1n) is 12.8. The summed E-state index contributed by atoms with van der Waals surface area (Å²) in [4.78, 5) is 9.26. The first-order valence-corrected chi connectivity index (χ1v) is 12.8. The zero-order valence-electron chi connectivity index (χ0n) is 19.8. The number of hydrogen-bond donors (Lipinski definition) is 0. The molecule has 0 spiro atoms. The maximum Gasteiger partial charge on any atom is 0.159 e. The fourth-order valence-electron chi connectivity index (χ4n) is 4.82. The van der Waals surface area contributed by atoms with Crippen LogP contribution in [0.3, 0.4) is 0 Å². The van der Waals surface area contributed by atoms with Crippen molar-refractivity contribution in [2.45, 2.75) is 97.3 Å². The first-order chi connectivity index (χ1) is 15.3. The lowest BCUT2D eigenvalue weighted by atomic mass is 9.78. The third kappa shape index (κ3) is 8.27. The highest BCUT2D eigenvalue weighted by Gasteiger charge is 2.20. The van der Waals surface area contributed by atoms with Crippen molar-refractivity contribution in [3.05, 3.63) is 42.2 Å². The van der Waals surface area contributed by atoms with Crippen molar-refractivity contribution in [3.63, 3.8) is 0 Å². The molecule has 2 aromatic rings. The van der Waals surface area contributed by atoms with Crippen LogP contribution in [0.15, 0.2) is 36.7 Å². The van der Waals surface area contributed by atoms with Crippen LogP contribution in [-0.2, 0) is 6.42 Å². The first kappa shape index (κ1) is 23.8. The van der Waals surface area contributed by atoms with Gasteiger partial charge in [0.05, 0.1) is 6.61 Å². The predicted octanol–water partition coefficient (Wildman–Crippen LogP) is 8.03. The lowest BCUT2D eigenvalue weighted by molar-refractivity contribution is 0.252. The summed E-state index contributed by atoms with van der Waals surface area (Å²) in [6.45, 7) is 5.36. The zero-order valence-corrected chi connectivity index (χ0v) is 19.8. The van der Waals surface area contributed by atoms with E-state index < -0.39 is 0 Å². The number of aryl methyl sites for hydroxylation is 1. The number of ether oxygens (including phenoxy) is 1. The van der Waals surface area contributed by atoms with Gasteiger partial charge < -0.3 is 4.74 Å². The molecule has 0 bridgehead atoms. The molecule has 0 unspecified atom stereocenters. The fraction of sp³-hybridized carbons (Fsp3) is 0.643. The van der Waals surface area contributed by atoms with E-state index in [4.69, 9.17) is 4.74 Å². The molecule has 0 radical (unpaired) electrons. The largest absolute Gasteiger partial charge is 0.494 e. The Labute approximate surface area is 190 Å². The molecule has 0 aliphatic heterocycles. The van der Waals surface area contributed by atoms with Crippen molar-refractivity contribution in [3.8, 4) is 17.1 Å². The average molecular weight is 423 g/mol. The lowest BCUT2D eigenvalue weighted by Gasteiger charge is -2.28. The summed E-state index contributed by atoms with van der Waals surface area (Å²) in [6, 6.07) is 8.20. The van der Waals surface area contributed by atoms with Crippen LogP contribution in [0.4, 0.5) is 0 Å². The number of benzene rings is 1. The van der Waals surface area contributed by atoms with Crippen molar-refractivity contribution in [2.75, 3.05) is 6.61 Å². The lowest BCUT2D eigenvalue weighted by Crippen LogP contribution is -2.15. The highest BCUT2D eigenvalue weighted by molar-refractivity contribution is 5.55. The normalized spacial score (nSPS) is 18.8. The molecular formula is C28H42N2O. The molecule has 3 heteroatoms. The maximum absolute atomic E-state index is 5.87. The summed E-state index contributed by atoms with van der Waals surface area (Å²) in [5.74, 6) is 3.62. The number of unbranched alkanes of at least 4 members (excludes halogenated alkanes) is 4. The van der Waals surface area contributed by atoms with Gasteiger partial charge in [-0.25, -0.2) is 9.97 Å². The molecule has 0 amide bonds. The van der Waals surface area contributed by atoms with Gasteiger partial charge in [-0.15, -0.1) is 0 Å². The second-order valence-corrected chi connectivity index (χ2v) is 9.42. The Morgan fingerprint density at radius 3 is 2.06 bits per heavy atom. The van der Waals surface area contributed by atoms with E-state index in [2.05, 4.69) is 35.9 Å². The van der Waals surface area contributed by atoms with Gasteiger partial charge in [0.1, 0.15) is 5.75 Å². The molecule has 3 rings (SSSR count). The van der Waals surface area contributed by atoms with Gasteiger partial charge >= 0.3 is 0 Å². The minimum Gasteiger partial charge on any atom is -0.494 e. The highest BCUT2D eigenvalue weighted by Crippen LogP contribution is 2.33. The molecule has 1 aromatic carbocycles. The quantitative estimate of drug-likeness (QED) is 0.306. The Hall–Kier alpha value is -1.90. The van der Waals surface area contributed by atoms with Gasteiger partial charge in [0.25, 0.3) is 0 Å².